The van der Waals surface area contributed by atoms with E-state index in [1.54, 1.807) is 0 Å². The van der Waals surface area contributed by atoms with E-state index >= 15 is 0 Å². The highest BCUT2D eigenvalue weighted by Crippen LogP contribution is 2.25. The van der Waals surface area contributed by atoms with Crippen molar-refractivity contribution in [1.82, 2.24) is 9.97 Å². The van der Waals surface area contributed by atoms with Gasteiger partial charge in [-0.1, -0.05) is 49.7 Å². The van der Waals surface area contributed by atoms with Crippen molar-refractivity contribution in [3.05, 3.63) is 60.7 Å². The zero-order valence-electron chi connectivity index (χ0n) is 17.1. The second kappa shape index (κ2) is 9.68. The van der Waals surface area contributed by atoms with Gasteiger partial charge < -0.3 is 15.5 Å². The molecule has 0 fully saturated rings. The SMILES string of the molecule is CCCCN(C)c1cc(-c2ccccc2)nc(Nc2cccc(NC(C)=O)c2)n1. The van der Waals surface area contributed by atoms with E-state index in [0.717, 1.165) is 47.8 Å². The number of carbonyl (C=O) groups excluding carboxylic acids is 1. The molecule has 3 rings (SSSR count). The van der Waals surface area contributed by atoms with E-state index in [1.807, 2.05) is 67.7 Å². The van der Waals surface area contributed by atoms with E-state index < -0.39 is 0 Å². The summed E-state index contributed by atoms with van der Waals surface area (Å²) in [5.41, 5.74) is 3.43. The number of hydrogen-bond acceptors (Lipinski definition) is 5. The molecule has 0 bridgehead atoms. The molecule has 0 saturated carbocycles. The van der Waals surface area contributed by atoms with Gasteiger partial charge in [0.15, 0.2) is 0 Å². The third-order valence-electron chi connectivity index (χ3n) is 4.46. The highest BCUT2D eigenvalue weighted by atomic mass is 16.1. The van der Waals surface area contributed by atoms with Crippen molar-refractivity contribution in [2.24, 2.45) is 0 Å². The van der Waals surface area contributed by atoms with Crippen molar-refractivity contribution in [2.45, 2.75) is 26.7 Å². The lowest BCUT2D eigenvalue weighted by atomic mass is 10.1. The standard InChI is InChI=1S/C23H27N5O/c1-4-5-14-28(3)22-16-21(18-10-7-6-8-11-18)26-23(27-22)25-20-13-9-12-19(15-20)24-17(2)29/h6-13,15-16H,4-5,14H2,1-3H3,(H,24,29)(H,25,26,27). The minimum absolute atomic E-state index is 0.107. The normalized spacial score (nSPS) is 10.4. The molecule has 0 aliphatic carbocycles. The fourth-order valence-electron chi connectivity index (χ4n) is 2.96. The van der Waals surface area contributed by atoms with Gasteiger partial charge in [-0.3, -0.25) is 4.79 Å². The molecule has 150 valence electrons. The van der Waals surface area contributed by atoms with Gasteiger partial charge in [0, 0.05) is 43.5 Å². The van der Waals surface area contributed by atoms with Gasteiger partial charge in [-0.2, -0.15) is 4.98 Å². The summed E-state index contributed by atoms with van der Waals surface area (Å²) < 4.78 is 0. The van der Waals surface area contributed by atoms with Crippen LogP contribution in [0.3, 0.4) is 0 Å². The lowest BCUT2D eigenvalue weighted by Gasteiger charge is -2.19. The summed E-state index contributed by atoms with van der Waals surface area (Å²) in [5.74, 6) is 1.28. The van der Waals surface area contributed by atoms with Crippen molar-refractivity contribution in [1.29, 1.82) is 0 Å². The van der Waals surface area contributed by atoms with Crippen LogP contribution in [0.2, 0.25) is 0 Å². The lowest BCUT2D eigenvalue weighted by Crippen LogP contribution is -2.20. The van der Waals surface area contributed by atoms with Gasteiger partial charge in [-0.25, -0.2) is 4.98 Å². The molecule has 1 heterocycles. The molecule has 6 heteroatoms. The summed E-state index contributed by atoms with van der Waals surface area (Å²) in [6.07, 6.45) is 2.23. The molecule has 2 N–H and O–H groups in total. The molecule has 6 nitrogen and oxygen atoms in total. The first kappa shape index (κ1) is 20.3. The second-order valence-electron chi connectivity index (χ2n) is 6.96. The van der Waals surface area contributed by atoms with Crippen LogP contribution in [-0.2, 0) is 4.79 Å². The molecule has 0 aliphatic rings. The largest absolute Gasteiger partial charge is 0.359 e. The minimum atomic E-state index is -0.107. The number of amides is 1. The Morgan fingerprint density at radius 1 is 1.00 bits per heavy atom. The van der Waals surface area contributed by atoms with Gasteiger partial charge in [0.05, 0.1) is 5.69 Å². The van der Waals surface area contributed by atoms with Crippen molar-refractivity contribution in [3.63, 3.8) is 0 Å². The van der Waals surface area contributed by atoms with Gasteiger partial charge in [0.2, 0.25) is 11.9 Å². The zero-order chi connectivity index (χ0) is 20.6. The number of nitrogens with one attached hydrogen (secondary N) is 2. The molecule has 0 aliphatic heterocycles. The Labute approximate surface area is 172 Å². The molecule has 0 unspecified atom stereocenters. The van der Waals surface area contributed by atoms with Crippen molar-refractivity contribution < 1.29 is 4.79 Å². The third kappa shape index (κ3) is 5.78. The lowest BCUT2D eigenvalue weighted by molar-refractivity contribution is -0.114. The van der Waals surface area contributed by atoms with Crippen LogP contribution in [0, 0.1) is 0 Å². The smallest absolute Gasteiger partial charge is 0.229 e. The summed E-state index contributed by atoms with van der Waals surface area (Å²) in [4.78, 5) is 22.9. The maximum Gasteiger partial charge on any atom is 0.229 e. The third-order valence-corrected chi connectivity index (χ3v) is 4.46. The zero-order valence-corrected chi connectivity index (χ0v) is 17.1. The molecule has 0 atom stereocenters. The van der Waals surface area contributed by atoms with Crippen molar-refractivity contribution >= 4 is 29.0 Å². The number of rotatable bonds is 8. The van der Waals surface area contributed by atoms with Gasteiger partial charge >= 0.3 is 0 Å². The van der Waals surface area contributed by atoms with Crippen LogP contribution >= 0.6 is 0 Å². The number of anilines is 4. The van der Waals surface area contributed by atoms with Gasteiger partial charge in [-0.15, -0.1) is 0 Å². The predicted molar refractivity (Wildman–Crippen MR) is 120 cm³/mol. The molecule has 29 heavy (non-hydrogen) atoms. The van der Waals surface area contributed by atoms with Gasteiger partial charge in [0.25, 0.3) is 0 Å². The summed E-state index contributed by atoms with van der Waals surface area (Å²) in [6.45, 7) is 4.60. The van der Waals surface area contributed by atoms with Crippen LogP contribution in [0.25, 0.3) is 11.3 Å². The molecule has 2 aromatic carbocycles. The van der Waals surface area contributed by atoms with Crippen molar-refractivity contribution in [2.75, 3.05) is 29.1 Å². The predicted octanol–water partition coefficient (Wildman–Crippen LogP) is 5.08. The Hall–Kier alpha value is -3.41. The Kier molecular flexibility index (Phi) is 6.79. The van der Waals surface area contributed by atoms with E-state index in [2.05, 4.69) is 22.5 Å². The van der Waals surface area contributed by atoms with Gasteiger partial charge in [0.1, 0.15) is 5.82 Å². The van der Waals surface area contributed by atoms with Crippen LogP contribution in [0.4, 0.5) is 23.1 Å². The molecule has 0 saturated heterocycles. The average Bonchev–Trinajstić information content (AvgIpc) is 2.72. The number of unbranched alkanes of at least 4 members (excludes halogenated alkanes) is 1. The highest BCUT2D eigenvalue weighted by molar-refractivity contribution is 5.89. The highest BCUT2D eigenvalue weighted by Gasteiger charge is 2.11. The molecule has 1 amide bonds. The van der Waals surface area contributed by atoms with Crippen molar-refractivity contribution in [3.8, 4) is 11.3 Å². The molecule has 1 aromatic heterocycles. The van der Waals surface area contributed by atoms with Gasteiger partial charge in [-0.05, 0) is 24.6 Å². The molecular weight excluding hydrogens is 362 g/mol. The average molecular weight is 390 g/mol. The van der Waals surface area contributed by atoms with Crippen LogP contribution < -0.4 is 15.5 Å². The number of aromatic nitrogens is 2. The fourth-order valence-corrected chi connectivity index (χ4v) is 2.96. The number of carbonyl (C=O) groups is 1. The van der Waals surface area contributed by atoms with Crippen LogP contribution in [-0.4, -0.2) is 29.5 Å². The van der Waals surface area contributed by atoms with E-state index in [-0.39, 0.29) is 5.91 Å². The molecule has 0 radical (unpaired) electrons. The van der Waals surface area contributed by atoms with Crippen LogP contribution in [0.15, 0.2) is 60.7 Å². The topological polar surface area (TPSA) is 70.2 Å². The maximum atomic E-state index is 11.3. The first-order valence-electron chi connectivity index (χ1n) is 9.85. The summed E-state index contributed by atoms with van der Waals surface area (Å²) in [6, 6.07) is 19.6. The Bertz CT molecular complexity index is 958. The molecule has 3 aromatic rings. The van der Waals surface area contributed by atoms with E-state index in [4.69, 9.17) is 9.97 Å². The Morgan fingerprint density at radius 2 is 1.76 bits per heavy atom. The number of hydrogen-bond donors (Lipinski definition) is 2. The molecule has 0 spiro atoms. The molecular formula is C23H27N5O. The summed E-state index contributed by atoms with van der Waals surface area (Å²) in [5, 5.41) is 6.07. The first-order chi connectivity index (χ1) is 14.0. The quantitative estimate of drug-likeness (QED) is 0.562. The first-order valence-corrected chi connectivity index (χ1v) is 9.85. The van der Waals surface area contributed by atoms with Crippen LogP contribution in [0.1, 0.15) is 26.7 Å². The number of benzene rings is 2. The fraction of sp³-hybridized carbons (Fsp3) is 0.261. The summed E-state index contributed by atoms with van der Waals surface area (Å²) in [7, 11) is 2.05. The minimum Gasteiger partial charge on any atom is -0.359 e. The van der Waals surface area contributed by atoms with Crippen LogP contribution in [0.5, 0.6) is 0 Å². The Morgan fingerprint density at radius 3 is 2.48 bits per heavy atom. The monoisotopic (exact) mass is 389 g/mol. The Balaban J connectivity index is 1.93. The van der Waals surface area contributed by atoms with E-state index in [9.17, 15) is 4.79 Å². The van der Waals surface area contributed by atoms with E-state index in [0.29, 0.717) is 5.95 Å². The second-order valence-corrected chi connectivity index (χ2v) is 6.96. The summed E-state index contributed by atoms with van der Waals surface area (Å²) >= 11 is 0. The van der Waals surface area contributed by atoms with E-state index in [1.165, 1.54) is 6.92 Å². The maximum absolute atomic E-state index is 11.3. The number of nitrogens with zero attached hydrogens (tertiary/aromatic N) is 3.